The maximum atomic E-state index is 6.10. The summed E-state index contributed by atoms with van der Waals surface area (Å²) >= 11 is 0. The van der Waals surface area contributed by atoms with Gasteiger partial charge in [-0.05, 0) is 45.7 Å². The SMILES string of the molecule is CCNC(=NCC1CCCN1CC)N1CC2C3CCC(O3)C2C1.I. The number of likely N-dealkylation sites (N-methyl/N-ethyl adjacent to an activating group) is 1. The fourth-order valence-electron chi connectivity index (χ4n) is 5.27. The van der Waals surface area contributed by atoms with Gasteiger partial charge in [0.05, 0.1) is 18.8 Å². The standard InChI is InChI=1S/C18H32N4O.HI/c1-3-19-18(20-10-13-6-5-9-21(13)4-2)22-11-14-15(12-22)17-8-7-16(14)23-17;/h13-17H,3-12H2,1-2H3,(H,19,20);1H. The van der Waals surface area contributed by atoms with E-state index in [1.807, 2.05) is 0 Å². The third-order valence-electron chi connectivity index (χ3n) is 6.44. The predicted octanol–water partition coefficient (Wildman–Crippen LogP) is 2.16. The van der Waals surface area contributed by atoms with E-state index in [0.717, 1.165) is 50.5 Å². The van der Waals surface area contributed by atoms with Gasteiger partial charge in [0.1, 0.15) is 0 Å². The van der Waals surface area contributed by atoms with Crippen molar-refractivity contribution in [3.8, 4) is 0 Å². The smallest absolute Gasteiger partial charge is 0.193 e. The van der Waals surface area contributed by atoms with E-state index in [4.69, 9.17) is 9.73 Å². The molecule has 6 heteroatoms. The molecular weight excluding hydrogens is 415 g/mol. The first-order valence-corrected chi connectivity index (χ1v) is 9.73. The number of halogens is 1. The van der Waals surface area contributed by atoms with Crippen LogP contribution in [0.5, 0.6) is 0 Å². The van der Waals surface area contributed by atoms with Crippen LogP contribution in [0.4, 0.5) is 0 Å². The van der Waals surface area contributed by atoms with Crippen molar-refractivity contribution in [2.75, 3.05) is 39.3 Å². The zero-order chi connectivity index (χ0) is 15.8. The Labute approximate surface area is 163 Å². The average molecular weight is 448 g/mol. The summed E-state index contributed by atoms with van der Waals surface area (Å²) in [5.74, 6) is 2.64. The molecule has 4 heterocycles. The second-order valence-electron chi connectivity index (χ2n) is 7.64. The molecule has 24 heavy (non-hydrogen) atoms. The van der Waals surface area contributed by atoms with Crippen molar-refractivity contribution in [2.24, 2.45) is 16.8 Å². The van der Waals surface area contributed by atoms with Crippen LogP contribution in [0.25, 0.3) is 0 Å². The Morgan fingerprint density at radius 1 is 1.12 bits per heavy atom. The molecular formula is C18H33IN4O. The van der Waals surface area contributed by atoms with Crippen molar-refractivity contribution in [1.29, 1.82) is 0 Å². The molecule has 0 aromatic heterocycles. The molecule has 0 aliphatic carbocycles. The molecule has 0 amide bonds. The number of hydrogen-bond donors (Lipinski definition) is 1. The van der Waals surface area contributed by atoms with Gasteiger partial charge in [-0.2, -0.15) is 0 Å². The first kappa shape index (κ1) is 18.7. The van der Waals surface area contributed by atoms with Gasteiger partial charge in [0, 0.05) is 37.5 Å². The zero-order valence-electron chi connectivity index (χ0n) is 15.1. The first-order valence-electron chi connectivity index (χ1n) is 9.73. The highest BCUT2D eigenvalue weighted by Gasteiger charge is 2.53. The van der Waals surface area contributed by atoms with Crippen LogP contribution in [0.1, 0.15) is 39.5 Å². The number of likely N-dealkylation sites (tertiary alicyclic amines) is 2. The summed E-state index contributed by atoms with van der Waals surface area (Å²) in [7, 11) is 0. The summed E-state index contributed by atoms with van der Waals surface area (Å²) in [5, 5.41) is 3.54. The van der Waals surface area contributed by atoms with Crippen molar-refractivity contribution < 1.29 is 4.74 Å². The Hall–Kier alpha value is -0.0800. The van der Waals surface area contributed by atoms with Gasteiger partial charge in [-0.25, -0.2) is 0 Å². The second kappa shape index (κ2) is 8.08. The van der Waals surface area contributed by atoms with Crippen LogP contribution in [0, 0.1) is 11.8 Å². The quantitative estimate of drug-likeness (QED) is 0.407. The number of rotatable bonds is 4. The molecule has 0 radical (unpaired) electrons. The summed E-state index contributed by atoms with van der Waals surface area (Å²) in [6, 6.07) is 0.648. The lowest BCUT2D eigenvalue weighted by Gasteiger charge is -2.25. The normalized spacial score (nSPS) is 38.5. The number of guanidine groups is 1. The van der Waals surface area contributed by atoms with Crippen LogP contribution in [0.3, 0.4) is 0 Å². The summed E-state index contributed by atoms with van der Waals surface area (Å²) in [4.78, 5) is 10.1. The Morgan fingerprint density at radius 3 is 2.46 bits per heavy atom. The lowest BCUT2D eigenvalue weighted by molar-refractivity contribution is 0.0767. The maximum Gasteiger partial charge on any atom is 0.193 e. The third-order valence-corrected chi connectivity index (χ3v) is 6.44. The molecule has 0 spiro atoms. The predicted molar refractivity (Wildman–Crippen MR) is 108 cm³/mol. The minimum Gasteiger partial charge on any atom is -0.374 e. The number of nitrogens with zero attached hydrogens (tertiary/aromatic N) is 3. The molecule has 4 aliphatic rings. The Balaban J connectivity index is 0.00000169. The highest BCUT2D eigenvalue weighted by Crippen LogP contribution is 2.47. The molecule has 5 atom stereocenters. The Morgan fingerprint density at radius 2 is 1.83 bits per heavy atom. The molecule has 4 rings (SSSR count). The third kappa shape index (κ3) is 3.43. The van der Waals surface area contributed by atoms with Crippen LogP contribution in [-0.2, 0) is 4.74 Å². The largest absolute Gasteiger partial charge is 0.374 e. The summed E-state index contributed by atoms with van der Waals surface area (Å²) in [6.07, 6.45) is 6.26. The Bertz CT molecular complexity index is 442. The molecule has 4 fully saturated rings. The topological polar surface area (TPSA) is 40.1 Å². The van der Waals surface area contributed by atoms with Crippen LogP contribution in [0.2, 0.25) is 0 Å². The van der Waals surface area contributed by atoms with E-state index in [1.165, 1.54) is 32.2 Å². The minimum atomic E-state index is 0. The van der Waals surface area contributed by atoms with Crippen LogP contribution < -0.4 is 5.32 Å². The van der Waals surface area contributed by atoms with Gasteiger partial charge >= 0.3 is 0 Å². The highest BCUT2D eigenvalue weighted by molar-refractivity contribution is 14.0. The zero-order valence-corrected chi connectivity index (χ0v) is 17.4. The van der Waals surface area contributed by atoms with E-state index in [2.05, 4.69) is 29.0 Å². The number of nitrogens with one attached hydrogen (secondary N) is 1. The van der Waals surface area contributed by atoms with Gasteiger partial charge in [0.25, 0.3) is 0 Å². The molecule has 0 saturated carbocycles. The van der Waals surface area contributed by atoms with Crippen molar-refractivity contribution in [3.05, 3.63) is 0 Å². The van der Waals surface area contributed by atoms with E-state index < -0.39 is 0 Å². The van der Waals surface area contributed by atoms with Crippen molar-refractivity contribution in [3.63, 3.8) is 0 Å². The fraction of sp³-hybridized carbons (Fsp3) is 0.944. The van der Waals surface area contributed by atoms with E-state index in [1.54, 1.807) is 0 Å². The fourth-order valence-corrected chi connectivity index (χ4v) is 5.27. The molecule has 5 unspecified atom stereocenters. The molecule has 4 aliphatic heterocycles. The summed E-state index contributed by atoms with van der Waals surface area (Å²) < 4.78 is 6.10. The molecule has 4 saturated heterocycles. The number of aliphatic imine (C=N–C) groups is 1. The van der Waals surface area contributed by atoms with E-state index >= 15 is 0 Å². The lowest BCUT2D eigenvalue weighted by atomic mass is 9.82. The Kier molecular flexibility index (Phi) is 6.30. The average Bonchev–Trinajstić information content (AvgIpc) is 3.32. The summed E-state index contributed by atoms with van der Waals surface area (Å²) in [5.41, 5.74) is 0. The number of fused-ring (bicyclic) bond motifs is 5. The van der Waals surface area contributed by atoms with Gasteiger partial charge in [-0.15, -0.1) is 24.0 Å². The van der Waals surface area contributed by atoms with Gasteiger partial charge in [0.15, 0.2) is 5.96 Å². The molecule has 5 nitrogen and oxygen atoms in total. The lowest BCUT2D eigenvalue weighted by Crippen LogP contribution is -2.42. The molecule has 138 valence electrons. The summed E-state index contributed by atoms with van der Waals surface area (Å²) in [6.45, 7) is 11.0. The highest BCUT2D eigenvalue weighted by atomic mass is 127. The van der Waals surface area contributed by atoms with Crippen LogP contribution >= 0.6 is 24.0 Å². The van der Waals surface area contributed by atoms with E-state index in [-0.39, 0.29) is 24.0 Å². The number of hydrogen-bond acceptors (Lipinski definition) is 3. The van der Waals surface area contributed by atoms with Gasteiger partial charge in [-0.3, -0.25) is 9.89 Å². The molecule has 0 aromatic carbocycles. The molecule has 0 aromatic rings. The van der Waals surface area contributed by atoms with Crippen molar-refractivity contribution >= 4 is 29.9 Å². The molecule has 2 bridgehead atoms. The number of ether oxygens (including phenoxy) is 1. The van der Waals surface area contributed by atoms with Gasteiger partial charge in [0.2, 0.25) is 0 Å². The van der Waals surface area contributed by atoms with Crippen molar-refractivity contribution in [2.45, 2.75) is 57.8 Å². The van der Waals surface area contributed by atoms with E-state index in [9.17, 15) is 0 Å². The van der Waals surface area contributed by atoms with Crippen LogP contribution in [-0.4, -0.2) is 73.3 Å². The molecule has 1 N–H and O–H groups in total. The van der Waals surface area contributed by atoms with Gasteiger partial charge in [-0.1, -0.05) is 6.92 Å². The first-order chi connectivity index (χ1) is 11.3. The second-order valence-corrected chi connectivity index (χ2v) is 7.64. The van der Waals surface area contributed by atoms with Crippen molar-refractivity contribution in [1.82, 2.24) is 15.1 Å². The monoisotopic (exact) mass is 448 g/mol. The van der Waals surface area contributed by atoms with Crippen LogP contribution in [0.15, 0.2) is 4.99 Å². The van der Waals surface area contributed by atoms with E-state index in [0.29, 0.717) is 18.2 Å². The minimum absolute atomic E-state index is 0. The van der Waals surface area contributed by atoms with Gasteiger partial charge < -0.3 is 15.0 Å². The maximum absolute atomic E-state index is 6.10.